The second kappa shape index (κ2) is 4.62. The highest BCUT2D eigenvalue weighted by atomic mass is 16.4. The Hall–Kier alpha value is -1.77. The Bertz CT molecular complexity index is 497. The van der Waals surface area contributed by atoms with Gasteiger partial charge in [-0.2, -0.15) is 4.98 Å². The number of oxazole rings is 1. The number of aromatic nitrogens is 1. The Kier molecular flexibility index (Phi) is 3.18. The van der Waals surface area contributed by atoms with Crippen molar-refractivity contribution in [1.29, 1.82) is 0 Å². The van der Waals surface area contributed by atoms with Gasteiger partial charge in [0.1, 0.15) is 0 Å². The van der Waals surface area contributed by atoms with Gasteiger partial charge in [0, 0.05) is 12.6 Å². The lowest BCUT2D eigenvalue weighted by Crippen LogP contribution is -1.86. The number of aryl methyl sites for hydroxylation is 1. The third-order valence-corrected chi connectivity index (χ3v) is 2.85. The van der Waals surface area contributed by atoms with Crippen molar-refractivity contribution in [2.24, 2.45) is 0 Å². The number of anilines is 1. The summed E-state index contributed by atoms with van der Waals surface area (Å²) in [6, 6.07) is 9.01. The fourth-order valence-corrected chi connectivity index (χ4v) is 1.79. The van der Waals surface area contributed by atoms with E-state index in [0.29, 0.717) is 11.9 Å². The Labute approximate surface area is 102 Å². The van der Waals surface area contributed by atoms with Crippen molar-refractivity contribution >= 4 is 6.01 Å². The smallest absolute Gasteiger partial charge is 0.295 e. The number of nitrogens with zero attached hydrogens (tertiary/aromatic N) is 1. The minimum Gasteiger partial charge on any atom is -0.423 e. The minimum absolute atomic E-state index is 0.549. The van der Waals surface area contributed by atoms with E-state index in [1.807, 2.05) is 6.92 Å². The van der Waals surface area contributed by atoms with E-state index in [2.05, 4.69) is 48.4 Å². The van der Waals surface area contributed by atoms with Crippen molar-refractivity contribution in [2.75, 3.05) is 12.4 Å². The summed E-state index contributed by atoms with van der Waals surface area (Å²) in [6.07, 6.45) is 0. The van der Waals surface area contributed by atoms with Crippen LogP contribution in [0.25, 0.3) is 11.3 Å². The first-order valence-corrected chi connectivity index (χ1v) is 5.87. The van der Waals surface area contributed by atoms with Crippen LogP contribution >= 0.6 is 0 Å². The summed E-state index contributed by atoms with van der Waals surface area (Å²) in [5.74, 6) is 1.39. The van der Waals surface area contributed by atoms with Gasteiger partial charge in [0.05, 0.1) is 5.69 Å². The molecular weight excluding hydrogens is 212 g/mol. The molecule has 0 bridgehead atoms. The van der Waals surface area contributed by atoms with Gasteiger partial charge >= 0.3 is 0 Å². The first-order valence-electron chi connectivity index (χ1n) is 5.87. The fourth-order valence-electron chi connectivity index (χ4n) is 1.79. The number of nitrogens with one attached hydrogen (secondary N) is 1. The summed E-state index contributed by atoms with van der Waals surface area (Å²) < 4.78 is 5.63. The normalized spacial score (nSPS) is 10.9. The van der Waals surface area contributed by atoms with E-state index in [-0.39, 0.29) is 0 Å². The Morgan fingerprint density at radius 3 is 2.29 bits per heavy atom. The molecule has 2 aromatic rings. The van der Waals surface area contributed by atoms with Gasteiger partial charge in [-0.3, -0.25) is 0 Å². The predicted molar refractivity (Wildman–Crippen MR) is 70.3 cm³/mol. The van der Waals surface area contributed by atoms with Crippen molar-refractivity contribution in [1.82, 2.24) is 4.98 Å². The third kappa shape index (κ3) is 2.33. The molecule has 0 atom stereocenters. The maximum atomic E-state index is 5.63. The fraction of sp³-hybridized carbons (Fsp3) is 0.357. The van der Waals surface area contributed by atoms with Crippen LogP contribution in [0.4, 0.5) is 6.01 Å². The van der Waals surface area contributed by atoms with Gasteiger partial charge in [0.15, 0.2) is 5.76 Å². The van der Waals surface area contributed by atoms with Crippen molar-refractivity contribution in [3.8, 4) is 11.3 Å². The molecule has 0 radical (unpaired) electrons. The molecule has 90 valence electrons. The van der Waals surface area contributed by atoms with Gasteiger partial charge in [-0.05, 0) is 18.4 Å². The molecule has 0 unspecified atom stereocenters. The van der Waals surface area contributed by atoms with E-state index in [0.717, 1.165) is 17.0 Å². The van der Waals surface area contributed by atoms with Gasteiger partial charge in [0.25, 0.3) is 6.01 Å². The first kappa shape index (κ1) is 11.7. The van der Waals surface area contributed by atoms with Crippen molar-refractivity contribution in [3.63, 3.8) is 0 Å². The van der Waals surface area contributed by atoms with Gasteiger partial charge in [-0.25, -0.2) is 0 Å². The summed E-state index contributed by atoms with van der Waals surface area (Å²) >= 11 is 0. The Morgan fingerprint density at radius 2 is 1.82 bits per heavy atom. The van der Waals surface area contributed by atoms with Gasteiger partial charge < -0.3 is 9.73 Å². The van der Waals surface area contributed by atoms with E-state index in [9.17, 15) is 0 Å². The topological polar surface area (TPSA) is 38.1 Å². The standard InChI is InChI=1S/C14H18N2O/c1-9(2)11-5-7-12(8-6-11)13-10(3)16-14(15-4)17-13/h5-9H,1-4H3,(H,15,16). The van der Waals surface area contributed by atoms with E-state index in [4.69, 9.17) is 4.42 Å². The van der Waals surface area contributed by atoms with Crippen LogP contribution in [0, 0.1) is 6.92 Å². The number of hydrogen-bond donors (Lipinski definition) is 1. The highest BCUT2D eigenvalue weighted by molar-refractivity contribution is 5.61. The summed E-state index contributed by atoms with van der Waals surface area (Å²) in [4.78, 5) is 4.29. The molecule has 1 heterocycles. The number of hydrogen-bond acceptors (Lipinski definition) is 3. The molecule has 0 aliphatic heterocycles. The lowest BCUT2D eigenvalue weighted by atomic mass is 10.0. The molecule has 1 aromatic heterocycles. The van der Waals surface area contributed by atoms with Crippen LogP contribution in [0.2, 0.25) is 0 Å². The molecule has 2 rings (SSSR count). The molecule has 3 heteroatoms. The highest BCUT2D eigenvalue weighted by Gasteiger charge is 2.10. The SMILES string of the molecule is CNc1nc(C)c(-c2ccc(C(C)C)cc2)o1. The average molecular weight is 230 g/mol. The molecule has 17 heavy (non-hydrogen) atoms. The number of rotatable bonds is 3. The molecule has 0 spiro atoms. The molecular formula is C14H18N2O. The second-order valence-electron chi connectivity index (χ2n) is 4.46. The summed E-state index contributed by atoms with van der Waals surface area (Å²) in [6.45, 7) is 6.33. The molecule has 0 saturated heterocycles. The molecule has 1 aromatic carbocycles. The predicted octanol–water partition coefficient (Wildman–Crippen LogP) is 3.82. The zero-order valence-electron chi connectivity index (χ0n) is 10.7. The van der Waals surface area contributed by atoms with E-state index in [1.165, 1.54) is 5.56 Å². The molecule has 1 N–H and O–H groups in total. The molecule has 3 nitrogen and oxygen atoms in total. The molecule has 0 amide bonds. The van der Waals surface area contributed by atoms with Gasteiger partial charge in [0.2, 0.25) is 0 Å². The van der Waals surface area contributed by atoms with Crippen LogP contribution < -0.4 is 5.32 Å². The summed E-state index contributed by atoms with van der Waals surface area (Å²) in [5, 5.41) is 2.91. The van der Waals surface area contributed by atoms with E-state index in [1.54, 1.807) is 7.05 Å². The monoisotopic (exact) mass is 230 g/mol. The zero-order chi connectivity index (χ0) is 12.4. The third-order valence-electron chi connectivity index (χ3n) is 2.85. The largest absolute Gasteiger partial charge is 0.423 e. The van der Waals surface area contributed by atoms with Crippen molar-refractivity contribution in [2.45, 2.75) is 26.7 Å². The summed E-state index contributed by atoms with van der Waals surface area (Å²) in [5.41, 5.74) is 3.31. The van der Waals surface area contributed by atoms with E-state index >= 15 is 0 Å². The van der Waals surface area contributed by atoms with Crippen LogP contribution in [-0.2, 0) is 0 Å². The van der Waals surface area contributed by atoms with Crippen LogP contribution in [-0.4, -0.2) is 12.0 Å². The minimum atomic E-state index is 0.549. The second-order valence-corrected chi connectivity index (χ2v) is 4.46. The van der Waals surface area contributed by atoms with Crippen molar-refractivity contribution in [3.05, 3.63) is 35.5 Å². The van der Waals surface area contributed by atoms with Crippen LogP contribution in [0.3, 0.4) is 0 Å². The lowest BCUT2D eigenvalue weighted by Gasteiger charge is -2.05. The molecule has 0 aliphatic carbocycles. The highest BCUT2D eigenvalue weighted by Crippen LogP contribution is 2.27. The quantitative estimate of drug-likeness (QED) is 0.871. The lowest BCUT2D eigenvalue weighted by molar-refractivity contribution is 0.589. The zero-order valence-corrected chi connectivity index (χ0v) is 10.7. The molecule has 0 aliphatic rings. The maximum Gasteiger partial charge on any atom is 0.295 e. The Balaban J connectivity index is 2.36. The number of benzene rings is 1. The van der Waals surface area contributed by atoms with Crippen LogP contribution in [0.15, 0.2) is 28.7 Å². The molecule has 0 saturated carbocycles. The van der Waals surface area contributed by atoms with E-state index < -0.39 is 0 Å². The van der Waals surface area contributed by atoms with Crippen LogP contribution in [0.1, 0.15) is 31.0 Å². The van der Waals surface area contributed by atoms with Crippen LogP contribution in [0.5, 0.6) is 0 Å². The maximum absolute atomic E-state index is 5.63. The first-order chi connectivity index (χ1) is 8.11. The summed E-state index contributed by atoms with van der Waals surface area (Å²) in [7, 11) is 1.80. The van der Waals surface area contributed by atoms with Crippen molar-refractivity contribution < 1.29 is 4.42 Å². The van der Waals surface area contributed by atoms with Gasteiger partial charge in [-0.15, -0.1) is 0 Å². The molecule has 0 fully saturated rings. The Morgan fingerprint density at radius 1 is 1.18 bits per heavy atom. The average Bonchev–Trinajstić information content (AvgIpc) is 2.71. The van der Waals surface area contributed by atoms with Gasteiger partial charge in [-0.1, -0.05) is 38.1 Å².